The van der Waals surface area contributed by atoms with Crippen molar-refractivity contribution in [2.24, 2.45) is 0 Å². The van der Waals surface area contributed by atoms with Gasteiger partial charge in [-0.3, -0.25) is 9.78 Å². The number of rotatable bonds is 6. The first-order valence-corrected chi connectivity index (χ1v) is 9.39. The number of benzene rings is 1. The van der Waals surface area contributed by atoms with Crippen LogP contribution in [0.1, 0.15) is 30.1 Å². The van der Waals surface area contributed by atoms with Crippen molar-refractivity contribution in [1.82, 2.24) is 30.0 Å². The van der Waals surface area contributed by atoms with E-state index in [1.807, 2.05) is 16.7 Å². The summed E-state index contributed by atoms with van der Waals surface area (Å²) in [6, 6.07) is 5.52. The van der Waals surface area contributed by atoms with Crippen molar-refractivity contribution in [3.63, 3.8) is 0 Å². The number of methoxy groups -OCH3 is 2. The maximum Gasteiger partial charge on any atom is 0.231 e. The average molecular weight is 394 g/mol. The molecule has 1 atom stereocenters. The van der Waals surface area contributed by atoms with Crippen LogP contribution in [0.25, 0.3) is 11.5 Å². The van der Waals surface area contributed by atoms with Gasteiger partial charge >= 0.3 is 0 Å². The molecular formula is C20H22N6O3. The lowest BCUT2D eigenvalue weighted by Gasteiger charge is -2.23. The van der Waals surface area contributed by atoms with Gasteiger partial charge in [0.25, 0.3) is 0 Å². The lowest BCUT2D eigenvalue weighted by molar-refractivity contribution is -0.123. The van der Waals surface area contributed by atoms with Gasteiger partial charge in [0.2, 0.25) is 5.91 Å². The van der Waals surface area contributed by atoms with E-state index in [1.54, 1.807) is 38.9 Å². The second kappa shape index (κ2) is 8.26. The number of amides is 1. The smallest absolute Gasteiger partial charge is 0.231 e. The molecule has 3 heterocycles. The minimum atomic E-state index is -0.356. The van der Waals surface area contributed by atoms with Crippen LogP contribution in [-0.4, -0.2) is 44.9 Å². The van der Waals surface area contributed by atoms with E-state index in [-0.39, 0.29) is 11.8 Å². The molecule has 0 radical (unpaired) electrons. The molecule has 0 saturated carbocycles. The largest absolute Gasteiger partial charge is 0.497 e. The van der Waals surface area contributed by atoms with Crippen LogP contribution in [0.15, 0.2) is 36.8 Å². The lowest BCUT2D eigenvalue weighted by atomic mass is 9.97. The summed E-state index contributed by atoms with van der Waals surface area (Å²) in [6.45, 7) is 1.11. The highest BCUT2D eigenvalue weighted by atomic mass is 16.5. The van der Waals surface area contributed by atoms with Gasteiger partial charge in [-0.25, -0.2) is 4.98 Å². The van der Waals surface area contributed by atoms with Gasteiger partial charge in [0.05, 0.1) is 26.3 Å². The van der Waals surface area contributed by atoms with Crippen LogP contribution in [-0.2, 0) is 17.9 Å². The van der Waals surface area contributed by atoms with Crippen LogP contribution in [0.4, 0.5) is 0 Å². The number of hydrogen-bond donors (Lipinski definition) is 1. The summed E-state index contributed by atoms with van der Waals surface area (Å²) in [5.41, 5.74) is 1.52. The fraction of sp³-hybridized carbons (Fsp3) is 0.350. The summed E-state index contributed by atoms with van der Waals surface area (Å²) < 4.78 is 12.6. The molecule has 1 unspecified atom stereocenters. The first-order chi connectivity index (χ1) is 14.2. The fourth-order valence-electron chi connectivity index (χ4n) is 3.53. The Kier molecular flexibility index (Phi) is 5.37. The number of ether oxygens (including phenoxy) is 2. The molecule has 9 heteroatoms. The highest BCUT2D eigenvalue weighted by molar-refractivity contribution is 5.83. The van der Waals surface area contributed by atoms with Crippen molar-refractivity contribution in [3.8, 4) is 23.0 Å². The Morgan fingerprint density at radius 3 is 2.90 bits per heavy atom. The molecule has 0 aliphatic carbocycles. The van der Waals surface area contributed by atoms with E-state index in [9.17, 15) is 4.79 Å². The Morgan fingerprint density at radius 1 is 1.24 bits per heavy atom. The van der Waals surface area contributed by atoms with Crippen molar-refractivity contribution in [1.29, 1.82) is 0 Å². The summed E-state index contributed by atoms with van der Waals surface area (Å²) >= 11 is 0. The number of fused-ring (bicyclic) bond motifs is 1. The first kappa shape index (κ1) is 18.9. The van der Waals surface area contributed by atoms with Gasteiger partial charge < -0.3 is 19.4 Å². The molecule has 0 spiro atoms. The zero-order valence-electron chi connectivity index (χ0n) is 16.3. The average Bonchev–Trinajstić information content (AvgIpc) is 3.22. The highest BCUT2D eigenvalue weighted by Crippen LogP contribution is 2.30. The number of carbonyl (C=O) groups excluding carboxylic acids is 1. The third kappa shape index (κ3) is 3.75. The predicted octanol–water partition coefficient (Wildman–Crippen LogP) is 1.95. The SMILES string of the molecule is COc1ccc(CNC(=O)C2CCCn3c(-c4cnccn4)nnc32)c(OC)c1. The summed E-state index contributed by atoms with van der Waals surface area (Å²) in [6.07, 6.45) is 6.47. The van der Waals surface area contributed by atoms with Crippen molar-refractivity contribution in [2.75, 3.05) is 14.2 Å². The summed E-state index contributed by atoms with van der Waals surface area (Å²) in [7, 11) is 3.20. The van der Waals surface area contributed by atoms with Crippen LogP contribution < -0.4 is 14.8 Å². The first-order valence-electron chi connectivity index (χ1n) is 9.39. The Bertz CT molecular complexity index is 1000. The normalized spacial score (nSPS) is 15.4. The zero-order valence-corrected chi connectivity index (χ0v) is 16.3. The number of nitrogens with one attached hydrogen (secondary N) is 1. The highest BCUT2D eigenvalue weighted by Gasteiger charge is 2.31. The van der Waals surface area contributed by atoms with Gasteiger partial charge in [0.1, 0.15) is 23.0 Å². The standard InChI is InChI=1S/C20H22N6O3/c1-28-14-6-5-13(17(10-14)29-2)11-23-20(27)15-4-3-9-26-18(15)24-25-19(26)16-12-21-7-8-22-16/h5-8,10,12,15H,3-4,9,11H2,1-2H3,(H,23,27). The van der Waals surface area contributed by atoms with E-state index < -0.39 is 0 Å². The molecular weight excluding hydrogens is 372 g/mol. The van der Waals surface area contributed by atoms with E-state index in [2.05, 4.69) is 25.5 Å². The second-order valence-electron chi connectivity index (χ2n) is 6.71. The molecule has 2 aromatic heterocycles. The maximum atomic E-state index is 12.9. The monoisotopic (exact) mass is 394 g/mol. The molecule has 150 valence electrons. The van der Waals surface area contributed by atoms with Gasteiger partial charge in [0, 0.05) is 37.1 Å². The van der Waals surface area contributed by atoms with E-state index in [0.717, 1.165) is 24.9 Å². The summed E-state index contributed by atoms with van der Waals surface area (Å²) in [5, 5.41) is 11.6. The Hall–Kier alpha value is -3.49. The quantitative estimate of drug-likeness (QED) is 0.681. The third-order valence-corrected chi connectivity index (χ3v) is 5.02. The summed E-state index contributed by atoms with van der Waals surface area (Å²) in [4.78, 5) is 21.3. The van der Waals surface area contributed by atoms with Crippen LogP contribution in [0.2, 0.25) is 0 Å². The molecule has 29 heavy (non-hydrogen) atoms. The molecule has 0 saturated heterocycles. The molecule has 0 fully saturated rings. The fourth-order valence-corrected chi connectivity index (χ4v) is 3.53. The number of nitrogens with zero attached hydrogens (tertiary/aromatic N) is 5. The Balaban J connectivity index is 1.51. The summed E-state index contributed by atoms with van der Waals surface area (Å²) in [5.74, 6) is 2.24. The van der Waals surface area contributed by atoms with Crippen molar-refractivity contribution in [2.45, 2.75) is 31.8 Å². The molecule has 1 N–H and O–H groups in total. The molecule has 1 aliphatic rings. The van der Waals surface area contributed by atoms with Gasteiger partial charge in [-0.05, 0) is 25.0 Å². The van der Waals surface area contributed by atoms with E-state index in [1.165, 1.54) is 0 Å². The zero-order chi connectivity index (χ0) is 20.2. The van der Waals surface area contributed by atoms with E-state index in [4.69, 9.17) is 9.47 Å². The Morgan fingerprint density at radius 2 is 2.14 bits per heavy atom. The molecule has 0 bridgehead atoms. The third-order valence-electron chi connectivity index (χ3n) is 5.02. The van der Waals surface area contributed by atoms with Crippen LogP contribution in [0.5, 0.6) is 11.5 Å². The van der Waals surface area contributed by atoms with Crippen molar-refractivity contribution >= 4 is 5.91 Å². The van der Waals surface area contributed by atoms with E-state index in [0.29, 0.717) is 35.4 Å². The molecule has 1 amide bonds. The minimum absolute atomic E-state index is 0.0816. The van der Waals surface area contributed by atoms with E-state index >= 15 is 0 Å². The lowest BCUT2D eigenvalue weighted by Crippen LogP contribution is -2.33. The molecule has 1 aromatic carbocycles. The van der Waals surface area contributed by atoms with Crippen LogP contribution in [0.3, 0.4) is 0 Å². The topological polar surface area (TPSA) is 104 Å². The molecule has 4 rings (SSSR count). The van der Waals surface area contributed by atoms with Gasteiger partial charge in [-0.15, -0.1) is 10.2 Å². The van der Waals surface area contributed by atoms with Gasteiger partial charge in [-0.2, -0.15) is 0 Å². The number of carbonyl (C=O) groups is 1. The molecule has 3 aromatic rings. The van der Waals surface area contributed by atoms with Gasteiger partial charge in [0.15, 0.2) is 5.82 Å². The predicted molar refractivity (Wildman–Crippen MR) is 104 cm³/mol. The minimum Gasteiger partial charge on any atom is -0.497 e. The van der Waals surface area contributed by atoms with Crippen LogP contribution in [0, 0.1) is 0 Å². The number of hydrogen-bond acceptors (Lipinski definition) is 7. The number of aromatic nitrogens is 5. The Labute approximate surface area is 168 Å². The van der Waals surface area contributed by atoms with Crippen molar-refractivity contribution < 1.29 is 14.3 Å². The molecule has 9 nitrogen and oxygen atoms in total. The van der Waals surface area contributed by atoms with Crippen molar-refractivity contribution in [3.05, 3.63) is 48.2 Å². The second-order valence-corrected chi connectivity index (χ2v) is 6.71. The molecule has 1 aliphatic heterocycles. The maximum absolute atomic E-state index is 12.9. The van der Waals surface area contributed by atoms with Gasteiger partial charge in [-0.1, -0.05) is 0 Å². The van der Waals surface area contributed by atoms with Crippen LogP contribution >= 0.6 is 0 Å².